The minimum absolute atomic E-state index is 0.365. The van der Waals surface area contributed by atoms with Gasteiger partial charge in [-0.05, 0) is 29.3 Å². The largest absolute Gasteiger partial charge is 0.493 e. The molecule has 7 heteroatoms. The fraction of sp³-hybridized carbons (Fsp3) is 0.368. The number of fused-ring (bicyclic) bond motifs is 1. The Morgan fingerprint density at radius 3 is 2.73 bits per heavy atom. The molecule has 1 saturated heterocycles. The third-order valence-electron chi connectivity index (χ3n) is 5.02. The minimum atomic E-state index is -0.782. The Bertz CT molecular complexity index is 835. The van der Waals surface area contributed by atoms with Crippen LogP contribution < -0.4 is 9.64 Å². The molecule has 2 heterocycles. The molecule has 2 aliphatic rings. The molecule has 0 aromatic heterocycles. The summed E-state index contributed by atoms with van der Waals surface area (Å²) in [5, 5.41) is 11.2. The molecule has 0 unspecified atom stereocenters. The van der Waals surface area contributed by atoms with E-state index in [1.807, 2.05) is 11.0 Å². The molecule has 0 amide bonds. The van der Waals surface area contributed by atoms with E-state index in [2.05, 4.69) is 17.0 Å². The first-order valence-corrected chi connectivity index (χ1v) is 8.76. The second kappa shape index (κ2) is 6.92. The van der Waals surface area contributed by atoms with E-state index < -0.39 is 16.4 Å². The molecule has 0 aliphatic carbocycles. The Morgan fingerprint density at radius 2 is 1.96 bits per heavy atom. The zero-order valence-corrected chi connectivity index (χ0v) is 14.4. The average Bonchev–Trinajstić information content (AvgIpc) is 3.09. The lowest BCUT2D eigenvalue weighted by Gasteiger charge is -2.35. The molecule has 0 bridgehead atoms. The maximum atomic E-state index is 13.8. The predicted molar refractivity (Wildman–Crippen MR) is 96.2 cm³/mol. The molecular weight excluding hydrogens is 337 g/mol. The van der Waals surface area contributed by atoms with E-state index >= 15 is 0 Å². The summed E-state index contributed by atoms with van der Waals surface area (Å²) >= 11 is 0. The topological polar surface area (TPSA) is 58.9 Å². The van der Waals surface area contributed by atoms with Gasteiger partial charge < -0.3 is 9.64 Å². The number of benzene rings is 2. The van der Waals surface area contributed by atoms with E-state index in [1.165, 1.54) is 17.2 Å². The van der Waals surface area contributed by atoms with Gasteiger partial charge in [0.05, 0.1) is 11.5 Å². The van der Waals surface area contributed by atoms with Crippen LogP contribution in [0, 0.1) is 15.9 Å². The SMILES string of the molecule is O=[N+]([O-])c1c(F)cccc1N1CCN(Cc2ccc3c(c2)CCO3)CC1. The van der Waals surface area contributed by atoms with Gasteiger partial charge in [0.2, 0.25) is 5.82 Å². The molecule has 136 valence electrons. The van der Waals surface area contributed by atoms with Crippen molar-refractivity contribution in [3.05, 3.63) is 63.5 Å². The number of nitro benzene ring substituents is 1. The molecule has 2 aromatic rings. The van der Waals surface area contributed by atoms with Gasteiger partial charge in [0.25, 0.3) is 0 Å². The first-order valence-electron chi connectivity index (χ1n) is 8.76. The fourth-order valence-electron chi connectivity index (χ4n) is 3.68. The van der Waals surface area contributed by atoms with Gasteiger partial charge in [-0.3, -0.25) is 15.0 Å². The smallest absolute Gasteiger partial charge is 0.327 e. The highest BCUT2D eigenvalue weighted by Gasteiger charge is 2.27. The Balaban J connectivity index is 1.42. The van der Waals surface area contributed by atoms with E-state index in [9.17, 15) is 14.5 Å². The first kappa shape index (κ1) is 16.8. The maximum absolute atomic E-state index is 13.8. The summed E-state index contributed by atoms with van der Waals surface area (Å²) in [7, 11) is 0. The van der Waals surface area contributed by atoms with Crippen molar-refractivity contribution in [1.29, 1.82) is 0 Å². The zero-order valence-electron chi connectivity index (χ0n) is 14.4. The van der Waals surface area contributed by atoms with Gasteiger partial charge in [0.15, 0.2) is 0 Å². The number of nitro groups is 1. The summed E-state index contributed by atoms with van der Waals surface area (Å²) in [5.74, 6) is 0.201. The van der Waals surface area contributed by atoms with Gasteiger partial charge in [-0.1, -0.05) is 18.2 Å². The number of halogens is 1. The van der Waals surface area contributed by atoms with Crippen molar-refractivity contribution in [2.24, 2.45) is 0 Å². The molecule has 4 rings (SSSR count). The lowest BCUT2D eigenvalue weighted by atomic mass is 10.1. The van der Waals surface area contributed by atoms with E-state index in [-0.39, 0.29) is 0 Å². The fourth-order valence-corrected chi connectivity index (χ4v) is 3.68. The number of para-hydroxylation sites is 1. The molecule has 1 fully saturated rings. The van der Waals surface area contributed by atoms with Crippen molar-refractivity contribution in [2.45, 2.75) is 13.0 Å². The first-order chi connectivity index (χ1) is 12.6. The quantitative estimate of drug-likeness (QED) is 0.622. The Kier molecular flexibility index (Phi) is 4.46. The van der Waals surface area contributed by atoms with E-state index in [0.29, 0.717) is 18.8 Å². The number of rotatable bonds is 4. The molecule has 0 atom stereocenters. The molecular formula is C19H20FN3O3. The zero-order chi connectivity index (χ0) is 18.1. The van der Waals surface area contributed by atoms with Gasteiger partial charge in [-0.25, -0.2) is 0 Å². The molecule has 0 spiro atoms. The monoisotopic (exact) mass is 357 g/mol. The van der Waals surface area contributed by atoms with Gasteiger partial charge >= 0.3 is 5.69 Å². The van der Waals surface area contributed by atoms with Crippen LogP contribution in [-0.2, 0) is 13.0 Å². The summed E-state index contributed by atoms with van der Waals surface area (Å²) in [6, 6.07) is 10.6. The molecule has 2 aliphatic heterocycles. The maximum Gasteiger partial charge on any atom is 0.327 e. The summed E-state index contributed by atoms with van der Waals surface area (Å²) < 4.78 is 19.4. The number of ether oxygens (including phenoxy) is 1. The number of nitrogens with zero attached hydrogens (tertiary/aromatic N) is 3. The van der Waals surface area contributed by atoms with Crippen molar-refractivity contribution in [3.8, 4) is 5.75 Å². The Hall–Kier alpha value is -2.67. The van der Waals surface area contributed by atoms with Crippen molar-refractivity contribution in [3.63, 3.8) is 0 Å². The van der Waals surface area contributed by atoms with Crippen molar-refractivity contribution in [1.82, 2.24) is 4.90 Å². The van der Waals surface area contributed by atoms with E-state index in [0.717, 1.165) is 44.5 Å². The standard InChI is InChI=1S/C19H20FN3O3/c20-16-2-1-3-17(19(16)23(24)25)22-9-7-21(8-10-22)13-14-4-5-18-15(12-14)6-11-26-18/h1-5,12H,6-11,13H2. The molecule has 6 nitrogen and oxygen atoms in total. The van der Waals surface area contributed by atoms with Crippen LogP contribution in [0.2, 0.25) is 0 Å². The van der Waals surface area contributed by atoms with Crippen LogP contribution in [0.1, 0.15) is 11.1 Å². The highest BCUT2D eigenvalue weighted by atomic mass is 19.1. The Morgan fingerprint density at radius 1 is 1.15 bits per heavy atom. The lowest BCUT2D eigenvalue weighted by Crippen LogP contribution is -2.46. The number of anilines is 1. The van der Waals surface area contributed by atoms with Gasteiger partial charge in [0, 0.05) is 39.1 Å². The predicted octanol–water partition coefficient (Wildman–Crippen LogP) is 2.99. The van der Waals surface area contributed by atoms with Crippen LogP contribution in [0.3, 0.4) is 0 Å². The number of hydrogen-bond acceptors (Lipinski definition) is 5. The van der Waals surface area contributed by atoms with Gasteiger partial charge in [-0.2, -0.15) is 4.39 Å². The van der Waals surface area contributed by atoms with Crippen LogP contribution in [0.4, 0.5) is 15.8 Å². The van der Waals surface area contributed by atoms with Crippen LogP contribution in [0.15, 0.2) is 36.4 Å². The summed E-state index contributed by atoms with van der Waals surface area (Å²) in [6.07, 6.45) is 0.959. The lowest BCUT2D eigenvalue weighted by molar-refractivity contribution is -0.386. The highest BCUT2D eigenvalue weighted by Crippen LogP contribution is 2.32. The highest BCUT2D eigenvalue weighted by molar-refractivity contribution is 5.64. The molecule has 0 radical (unpaired) electrons. The van der Waals surface area contributed by atoms with E-state index in [4.69, 9.17) is 4.74 Å². The molecule has 26 heavy (non-hydrogen) atoms. The third-order valence-corrected chi connectivity index (χ3v) is 5.02. The molecule has 0 N–H and O–H groups in total. The van der Waals surface area contributed by atoms with Crippen LogP contribution >= 0.6 is 0 Å². The minimum Gasteiger partial charge on any atom is -0.493 e. The number of hydrogen-bond donors (Lipinski definition) is 0. The molecule has 0 saturated carbocycles. The summed E-state index contributed by atoms with van der Waals surface area (Å²) in [5.41, 5.74) is 2.44. The molecule has 2 aromatic carbocycles. The van der Waals surface area contributed by atoms with Crippen LogP contribution in [0.25, 0.3) is 0 Å². The van der Waals surface area contributed by atoms with Crippen molar-refractivity contribution >= 4 is 11.4 Å². The normalized spacial score (nSPS) is 17.0. The second-order valence-corrected chi connectivity index (χ2v) is 6.67. The summed E-state index contributed by atoms with van der Waals surface area (Å²) in [6.45, 7) is 4.43. The second-order valence-electron chi connectivity index (χ2n) is 6.67. The van der Waals surface area contributed by atoms with Crippen molar-refractivity contribution < 1.29 is 14.1 Å². The third kappa shape index (κ3) is 3.22. The van der Waals surface area contributed by atoms with Crippen LogP contribution in [0.5, 0.6) is 5.75 Å². The van der Waals surface area contributed by atoms with Gasteiger partial charge in [0.1, 0.15) is 11.4 Å². The number of piperazine rings is 1. The van der Waals surface area contributed by atoms with E-state index in [1.54, 1.807) is 6.07 Å². The Labute approximate surface area is 150 Å². The van der Waals surface area contributed by atoms with Crippen LogP contribution in [-0.4, -0.2) is 42.6 Å². The van der Waals surface area contributed by atoms with Crippen molar-refractivity contribution in [2.75, 3.05) is 37.7 Å². The summed E-state index contributed by atoms with van der Waals surface area (Å²) in [4.78, 5) is 14.8. The van der Waals surface area contributed by atoms with Gasteiger partial charge in [-0.15, -0.1) is 0 Å². The average molecular weight is 357 g/mol.